The van der Waals surface area contributed by atoms with E-state index in [2.05, 4.69) is 20.9 Å². The molecule has 5 aromatic carbocycles. The molecule has 1 atom stereocenters. The average Bonchev–Trinajstić information content (AvgIpc) is 3.21. The van der Waals surface area contributed by atoms with Crippen LogP contribution in [0.2, 0.25) is 0 Å². The summed E-state index contributed by atoms with van der Waals surface area (Å²) in [4.78, 5) is 28.8. The van der Waals surface area contributed by atoms with Crippen LogP contribution in [0.1, 0.15) is 39.6 Å². The fourth-order valence-corrected chi connectivity index (χ4v) is 8.17. The standard InChI is InChI=1S/C43H41N5O8S/c1-25-19-32(21-34-39(25)46-22-35(43(44)52)40(34)47-29-6-3-7-30(20-29)55-2)57(53,54)31-14-12-28(13-15-31)27-10-8-26(9-11-27)5-4-18-45-23-37(50)33-16-17-36(49)41-42(33)56-24-38(51)48-41/h3,6-17,19-22,37,45,49-50H,4-5,18,23-24H2,1-2H3,(H2,44,52)(H,46,47)(H,48,51). The number of anilines is 3. The SMILES string of the molecule is COc1cccc(Nc2c(C(N)=O)cnc3c(C)cc(S(=O)(=O)c4ccc(-c5ccc(CCCNCC(O)c6ccc(O)c7c6OCC(=O)N7)cc5)cc4)cc23)c1. The van der Waals surface area contributed by atoms with Crippen LogP contribution in [0.3, 0.4) is 0 Å². The van der Waals surface area contributed by atoms with Crippen molar-refractivity contribution >= 4 is 49.6 Å². The molecule has 1 aliphatic heterocycles. The van der Waals surface area contributed by atoms with Gasteiger partial charge in [0.2, 0.25) is 9.84 Å². The maximum Gasteiger partial charge on any atom is 0.262 e. The van der Waals surface area contributed by atoms with E-state index in [1.54, 1.807) is 74.7 Å². The maximum absolute atomic E-state index is 14.0. The van der Waals surface area contributed by atoms with E-state index in [0.717, 1.165) is 29.5 Å². The minimum absolute atomic E-state index is 0.0500. The number of rotatable bonds is 14. The van der Waals surface area contributed by atoms with Gasteiger partial charge in [-0.1, -0.05) is 42.5 Å². The predicted molar refractivity (Wildman–Crippen MR) is 217 cm³/mol. The second-order valence-corrected chi connectivity index (χ2v) is 15.6. The summed E-state index contributed by atoms with van der Waals surface area (Å²) in [5.74, 6) is -0.343. The normalized spacial score (nSPS) is 13.0. The molecular formula is C43H41N5O8S. The van der Waals surface area contributed by atoms with Crippen molar-refractivity contribution in [1.29, 1.82) is 0 Å². The topological polar surface area (TPSA) is 202 Å². The third kappa shape index (κ3) is 8.24. The number of ether oxygens (including phenoxy) is 2. The Morgan fingerprint density at radius 2 is 1.74 bits per heavy atom. The number of sulfone groups is 1. The number of nitrogens with zero attached hydrogens (tertiary/aromatic N) is 1. The molecule has 13 nitrogen and oxygen atoms in total. The van der Waals surface area contributed by atoms with Crippen molar-refractivity contribution in [3.63, 3.8) is 0 Å². The quantitative estimate of drug-likeness (QED) is 0.0543. The molecule has 0 spiro atoms. The van der Waals surface area contributed by atoms with Crippen LogP contribution in [0.4, 0.5) is 17.1 Å². The number of aromatic hydroxyl groups is 1. The largest absolute Gasteiger partial charge is 0.506 e. The second kappa shape index (κ2) is 16.3. The van der Waals surface area contributed by atoms with Crippen molar-refractivity contribution in [2.24, 2.45) is 5.73 Å². The zero-order valence-corrected chi connectivity index (χ0v) is 32.0. The zero-order chi connectivity index (χ0) is 40.3. The van der Waals surface area contributed by atoms with Crippen LogP contribution in [0.5, 0.6) is 17.2 Å². The first-order valence-corrected chi connectivity index (χ1v) is 19.7. The number of carbonyl (C=O) groups is 2. The van der Waals surface area contributed by atoms with E-state index >= 15 is 0 Å². The Kier molecular flexibility index (Phi) is 11.1. The highest BCUT2D eigenvalue weighted by Crippen LogP contribution is 2.41. The smallest absolute Gasteiger partial charge is 0.262 e. The van der Waals surface area contributed by atoms with Gasteiger partial charge in [0.05, 0.1) is 39.8 Å². The Morgan fingerprint density at radius 1 is 1.00 bits per heavy atom. The number of pyridine rings is 1. The molecule has 0 aliphatic carbocycles. The molecule has 0 bridgehead atoms. The predicted octanol–water partition coefficient (Wildman–Crippen LogP) is 6.19. The summed E-state index contributed by atoms with van der Waals surface area (Å²) in [5, 5.41) is 30.3. The number of aromatic nitrogens is 1. The molecule has 6 aromatic rings. The molecule has 1 aliphatic rings. The molecule has 7 rings (SSSR count). The second-order valence-electron chi connectivity index (χ2n) is 13.7. The Balaban J connectivity index is 1.00. The average molecular weight is 788 g/mol. The number of benzene rings is 5. The monoisotopic (exact) mass is 787 g/mol. The van der Waals surface area contributed by atoms with Gasteiger partial charge in [0.25, 0.3) is 11.8 Å². The van der Waals surface area contributed by atoms with Crippen molar-refractivity contribution in [3.8, 4) is 28.4 Å². The number of aliphatic hydroxyl groups is 1. The number of methoxy groups -OCH3 is 1. The summed E-state index contributed by atoms with van der Waals surface area (Å²) in [7, 11) is -2.43. The molecule has 2 heterocycles. The number of fused-ring (bicyclic) bond motifs is 2. The number of nitrogens with two attached hydrogens (primary N) is 1. The summed E-state index contributed by atoms with van der Waals surface area (Å²) in [5.41, 5.74) is 11.5. The van der Waals surface area contributed by atoms with Gasteiger partial charge in [-0.3, -0.25) is 14.6 Å². The number of hydrogen-bond acceptors (Lipinski definition) is 11. The van der Waals surface area contributed by atoms with Gasteiger partial charge in [-0.05, 0) is 97.1 Å². The van der Waals surface area contributed by atoms with Gasteiger partial charge < -0.3 is 41.4 Å². The van der Waals surface area contributed by atoms with Crippen molar-refractivity contribution < 1.29 is 37.7 Å². The third-order valence-corrected chi connectivity index (χ3v) is 11.5. The van der Waals surface area contributed by atoms with Crippen LogP contribution in [0.15, 0.2) is 113 Å². The molecule has 1 unspecified atom stereocenters. The van der Waals surface area contributed by atoms with Gasteiger partial charge in [0.15, 0.2) is 12.4 Å². The zero-order valence-electron chi connectivity index (χ0n) is 31.2. The number of aryl methyl sites for hydroxylation is 2. The summed E-state index contributed by atoms with van der Waals surface area (Å²) in [6.45, 7) is 2.49. The summed E-state index contributed by atoms with van der Waals surface area (Å²) in [6.07, 6.45) is 2.09. The number of phenols is 1. The van der Waals surface area contributed by atoms with E-state index in [1.165, 1.54) is 18.3 Å². The molecule has 2 amide bonds. The van der Waals surface area contributed by atoms with Gasteiger partial charge in [0, 0.05) is 35.4 Å². The number of aliphatic hydroxyl groups excluding tert-OH is 1. The van der Waals surface area contributed by atoms with Gasteiger partial charge >= 0.3 is 0 Å². The molecule has 0 saturated heterocycles. The van der Waals surface area contributed by atoms with E-state index in [1.807, 2.05) is 24.3 Å². The van der Waals surface area contributed by atoms with E-state index in [0.29, 0.717) is 45.7 Å². The molecule has 7 N–H and O–H groups in total. The van der Waals surface area contributed by atoms with E-state index in [9.17, 15) is 28.2 Å². The summed E-state index contributed by atoms with van der Waals surface area (Å²) in [6, 6.07) is 28.0. The van der Waals surface area contributed by atoms with Gasteiger partial charge in [-0.25, -0.2) is 8.42 Å². The van der Waals surface area contributed by atoms with Crippen molar-refractivity contribution in [2.75, 3.05) is 37.4 Å². The van der Waals surface area contributed by atoms with Gasteiger partial charge in [0.1, 0.15) is 17.2 Å². The molecule has 1 aromatic heterocycles. The first-order valence-electron chi connectivity index (χ1n) is 18.2. The van der Waals surface area contributed by atoms with Gasteiger partial charge in [-0.15, -0.1) is 0 Å². The van der Waals surface area contributed by atoms with Crippen LogP contribution in [-0.4, -0.2) is 62.2 Å². The van der Waals surface area contributed by atoms with E-state index in [-0.39, 0.29) is 51.6 Å². The Morgan fingerprint density at radius 3 is 2.46 bits per heavy atom. The van der Waals surface area contributed by atoms with Crippen molar-refractivity contribution in [1.82, 2.24) is 10.3 Å². The lowest BCUT2D eigenvalue weighted by Crippen LogP contribution is -2.28. The van der Waals surface area contributed by atoms with Crippen LogP contribution in [0.25, 0.3) is 22.0 Å². The van der Waals surface area contributed by atoms with Crippen molar-refractivity contribution in [3.05, 3.63) is 126 Å². The highest BCUT2D eigenvalue weighted by atomic mass is 32.2. The third-order valence-electron chi connectivity index (χ3n) is 9.80. The summed E-state index contributed by atoms with van der Waals surface area (Å²) >= 11 is 0. The molecule has 0 fully saturated rings. The minimum atomic E-state index is -3.98. The number of phenolic OH excluding ortho intramolecular Hbond substituents is 1. The molecule has 57 heavy (non-hydrogen) atoms. The lowest BCUT2D eigenvalue weighted by molar-refractivity contribution is -0.118. The number of hydrogen-bond donors (Lipinski definition) is 6. The maximum atomic E-state index is 14.0. The Hall–Kier alpha value is -6.48. The van der Waals surface area contributed by atoms with Crippen molar-refractivity contribution in [2.45, 2.75) is 35.7 Å². The first kappa shape index (κ1) is 38.8. The van der Waals surface area contributed by atoms with Crippen LogP contribution in [0, 0.1) is 6.92 Å². The lowest BCUT2D eigenvalue weighted by atomic mass is 10.0. The lowest BCUT2D eigenvalue weighted by Gasteiger charge is -2.23. The van der Waals surface area contributed by atoms with Crippen LogP contribution < -0.4 is 31.2 Å². The number of carbonyl (C=O) groups excluding carboxylic acids is 2. The highest BCUT2D eigenvalue weighted by Gasteiger charge is 2.26. The van der Waals surface area contributed by atoms with Crippen LogP contribution >= 0.6 is 0 Å². The van der Waals surface area contributed by atoms with Gasteiger partial charge in [-0.2, -0.15) is 0 Å². The molecule has 292 valence electrons. The van der Waals surface area contributed by atoms with Crippen LogP contribution in [-0.2, 0) is 21.1 Å². The Labute approximate surface area is 329 Å². The van der Waals surface area contributed by atoms with E-state index in [4.69, 9.17) is 15.2 Å². The fourth-order valence-electron chi connectivity index (χ4n) is 6.80. The number of amides is 2. The number of primary amides is 1. The fraction of sp³-hybridized carbons (Fsp3) is 0.186. The minimum Gasteiger partial charge on any atom is -0.506 e. The number of nitrogens with one attached hydrogen (secondary N) is 3. The molecule has 0 saturated carbocycles. The van der Waals surface area contributed by atoms with E-state index < -0.39 is 21.8 Å². The first-order chi connectivity index (χ1) is 27.4. The highest BCUT2D eigenvalue weighted by molar-refractivity contribution is 7.91. The molecule has 0 radical (unpaired) electrons. The summed E-state index contributed by atoms with van der Waals surface area (Å²) < 4.78 is 38.9. The molecule has 14 heteroatoms. The molecular weight excluding hydrogens is 747 g/mol. The Bertz CT molecular complexity index is 2600.